The van der Waals surface area contributed by atoms with Crippen molar-refractivity contribution < 1.29 is 9.59 Å². The van der Waals surface area contributed by atoms with Crippen LogP contribution in [0.15, 0.2) is 83.8 Å². The van der Waals surface area contributed by atoms with E-state index >= 15 is 0 Å². The van der Waals surface area contributed by atoms with Gasteiger partial charge in [0, 0.05) is 47.1 Å². The summed E-state index contributed by atoms with van der Waals surface area (Å²) in [5.41, 5.74) is 2.24. The highest BCUT2D eigenvalue weighted by atomic mass is 35.5. The summed E-state index contributed by atoms with van der Waals surface area (Å²) in [5, 5.41) is 7.14. The molecule has 0 saturated heterocycles. The van der Waals surface area contributed by atoms with E-state index in [2.05, 4.69) is 15.6 Å². The Balaban J connectivity index is 1.39. The molecule has 0 saturated carbocycles. The molecular formula is C27H25ClN4O3. The highest BCUT2D eigenvalue weighted by molar-refractivity contribution is 6.29. The molecule has 0 aliphatic carbocycles. The van der Waals surface area contributed by atoms with Gasteiger partial charge in [-0.2, -0.15) is 0 Å². The summed E-state index contributed by atoms with van der Waals surface area (Å²) in [4.78, 5) is 41.8. The highest BCUT2D eigenvalue weighted by Crippen LogP contribution is 2.17. The molecular weight excluding hydrogens is 464 g/mol. The van der Waals surface area contributed by atoms with Crippen LogP contribution in [0.5, 0.6) is 0 Å². The number of nitrogens with zero attached hydrogens (tertiary/aromatic N) is 2. The molecule has 0 aliphatic heterocycles. The van der Waals surface area contributed by atoms with Crippen LogP contribution in [0, 0.1) is 0 Å². The summed E-state index contributed by atoms with van der Waals surface area (Å²) in [6.45, 7) is 2.32. The van der Waals surface area contributed by atoms with E-state index in [4.69, 9.17) is 11.6 Å². The fourth-order valence-electron chi connectivity index (χ4n) is 3.82. The van der Waals surface area contributed by atoms with Crippen molar-refractivity contribution in [2.24, 2.45) is 0 Å². The lowest BCUT2D eigenvalue weighted by molar-refractivity contribution is 0.0906. The Bertz CT molecular complexity index is 1420. The van der Waals surface area contributed by atoms with E-state index < -0.39 is 0 Å². The third-order valence-electron chi connectivity index (χ3n) is 5.63. The van der Waals surface area contributed by atoms with Gasteiger partial charge in [0.05, 0.1) is 5.52 Å². The normalized spacial score (nSPS) is 11.7. The molecule has 35 heavy (non-hydrogen) atoms. The molecule has 0 radical (unpaired) electrons. The molecule has 4 aromatic rings. The Morgan fingerprint density at radius 1 is 0.971 bits per heavy atom. The molecule has 0 aliphatic rings. The number of nitrogens with one attached hydrogen (secondary N) is 2. The molecule has 7 nitrogen and oxygen atoms in total. The average Bonchev–Trinajstić information content (AvgIpc) is 2.87. The van der Waals surface area contributed by atoms with Crippen LogP contribution in [0.25, 0.3) is 16.6 Å². The van der Waals surface area contributed by atoms with E-state index in [1.165, 1.54) is 10.6 Å². The Morgan fingerprint density at radius 3 is 2.49 bits per heavy atom. The van der Waals surface area contributed by atoms with Crippen molar-refractivity contribution >= 4 is 34.3 Å². The van der Waals surface area contributed by atoms with Crippen LogP contribution < -0.4 is 16.2 Å². The van der Waals surface area contributed by atoms with Gasteiger partial charge in [-0.25, -0.2) is 4.98 Å². The van der Waals surface area contributed by atoms with E-state index in [9.17, 15) is 14.4 Å². The number of carbonyl (C=O) groups excluding carboxylic acids is 2. The van der Waals surface area contributed by atoms with Crippen molar-refractivity contribution in [3.8, 4) is 5.69 Å². The third-order valence-corrected chi connectivity index (χ3v) is 5.84. The Labute approximate surface area is 207 Å². The monoisotopic (exact) mass is 488 g/mol. The molecule has 0 spiro atoms. The maximum Gasteiger partial charge on any atom is 0.255 e. The zero-order valence-corrected chi connectivity index (χ0v) is 20.0. The average molecular weight is 489 g/mol. The molecule has 2 amide bonds. The van der Waals surface area contributed by atoms with Gasteiger partial charge < -0.3 is 10.6 Å². The Kier molecular flexibility index (Phi) is 7.57. The molecule has 1 unspecified atom stereocenters. The van der Waals surface area contributed by atoms with Crippen LogP contribution in [0.4, 0.5) is 0 Å². The van der Waals surface area contributed by atoms with Crippen molar-refractivity contribution in [1.82, 2.24) is 20.2 Å². The van der Waals surface area contributed by atoms with Crippen LogP contribution >= 0.6 is 11.6 Å². The number of hydrogen-bond acceptors (Lipinski definition) is 4. The summed E-state index contributed by atoms with van der Waals surface area (Å²) in [5.74, 6) is -0.465. The van der Waals surface area contributed by atoms with Crippen LogP contribution in [0.1, 0.15) is 40.5 Å². The Hall–Kier alpha value is -3.97. The van der Waals surface area contributed by atoms with Crippen molar-refractivity contribution in [3.63, 3.8) is 0 Å². The number of fused-ring (bicyclic) bond motifs is 1. The molecule has 178 valence electrons. The molecule has 2 heterocycles. The van der Waals surface area contributed by atoms with E-state index in [1.807, 2.05) is 13.0 Å². The number of amides is 2. The molecule has 2 aromatic heterocycles. The molecule has 1 atom stereocenters. The molecule has 2 aromatic carbocycles. The van der Waals surface area contributed by atoms with Gasteiger partial charge in [0.2, 0.25) is 0 Å². The van der Waals surface area contributed by atoms with Gasteiger partial charge in [0.25, 0.3) is 17.4 Å². The molecule has 8 heteroatoms. The zero-order chi connectivity index (χ0) is 24.8. The first-order chi connectivity index (χ1) is 16.9. The minimum atomic E-state index is -0.238. The zero-order valence-electron chi connectivity index (χ0n) is 19.2. The largest absolute Gasteiger partial charge is 0.350 e. The van der Waals surface area contributed by atoms with Gasteiger partial charge in [-0.05, 0) is 67.1 Å². The summed E-state index contributed by atoms with van der Waals surface area (Å²) >= 11 is 5.92. The van der Waals surface area contributed by atoms with Crippen molar-refractivity contribution in [2.75, 3.05) is 6.54 Å². The summed E-state index contributed by atoms with van der Waals surface area (Å²) in [7, 11) is 0. The number of carbonyl (C=O) groups is 2. The SMILES string of the molecule is CCCC(CNC(=O)c1ccc2nc(Cl)ccc2c1)NC(=O)c1ccc(-n2ccccc2=O)cc1. The van der Waals surface area contributed by atoms with Crippen molar-refractivity contribution in [2.45, 2.75) is 25.8 Å². The fraction of sp³-hybridized carbons (Fsp3) is 0.185. The van der Waals surface area contributed by atoms with Gasteiger partial charge in [0.1, 0.15) is 5.15 Å². The van der Waals surface area contributed by atoms with Gasteiger partial charge in [0.15, 0.2) is 0 Å². The summed E-state index contributed by atoms with van der Waals surface area (Å²) in [6, 6.07) is 20.3. The minimum absolute atomic E-state index is 0.144. The van der Waals surface area contributed by atoms with E-state index in [0.717, 1.165) is 11.8 Å². The smallest absolute Gasteiger partial charge is 0.255 e. The van der Waals surface area contributed by atoms with E-state index in [0.29, 0.717) is 40.4 Å². The molecule has 0 bridgehead atoms. The molecule has 4 rings (SSSR count). The van der Waals surface area contributed by atoms with Crippen molar-refractivity contribution in [1.29, 1.82) is 0 Å². The summed E-state index contributed by atoms with van der Waals surface area (Å²) in [6.07, 6.45) is 3.24. The highest BCUT2D eigenvalue weighted by Gasteiger charge is 2.16. The lowest BCUT2D eigenvalue weighted by atomic mass is 10.1. The van der Waals surface area contributed by atoms with Gasteiger partial charge in [-0.15, -0.1) is 0 Å². The number of hydrogen-bond donors (Lipinski definition) is 2. The topological polar surface area (TPSA) is 93.1 Å². The van der Waals surface area contributed by atoms with Crippen LogP contribution in [0.3, 0.4) is 0 Å². The first-order valence-corrected chi connectivity index (χ1v) is 11.8. The number of pyridine rings is 2. The first-order valence-electron chi connectivity index (χ1n) is 11.4. The van der Waals surface area contributed by atoms with Crippen molar-refractivity contribution in [3.05, 3.63) is 106 Å². The third kappa shape index (κ3) is 5.94. The fourth-order valence-corrected chi connectivity index (χ4v) is 3.97. The van der Waals surface area contributed by atoms with E-state index in [-0.39, 0.29) is 23.4 Å². The van der Waals surface area contributed by atoms with Crippen LogP contribution in [0.2, 0.25) is 5.15 Å². The number of benzene rings is 2. The molecule has 0 fully saturated rings. The first kappa shape index (κ1) is 24.2. The number of rotatable bonds is 8. The van der Waals surface area contributed by atoms with Crippen LogP contribution in [-0.2, 0) is 0 Å². The second kappa shape index (κ2) is 11.0. The quantitative estimate of drug-likeness (QED) is 0.360. The lowest BCUT2D eigenvalue weighted by Gasteiger charge is -2.19. The number of halogens is 1. The van der Waals surface area contributed by atoms with E-state index in [1.54, 1.807) is 66.9 Å². The molecule has 2 N–H and O–H groups in total. The lowest BCUT2D eigenvalue weighted by Crippen LogP contribution is -2.43. The second-order valence-electron chi connectivity index (χ2n) is 8.17. The minimum Gasteiger partial charge on any atom is -0.350 e. The van der Waals surface area contributed by atoms with Gasteiger partial charge in [-0.1, -0.05) is 31.0 Å². The maximum atomic E-state index is 12.8. The van der Waals surface area contributed by atoms with Gasteiger partial charge >= 0.3 is 0 Å². The maximum absolute atomic E-state index is 12.8. The van der Waals surface area contributed by atoms with Crippen LogP contribution in [-0.4, -0.2) is 34.0 Å². The predicted octanol–water partition coefficient (Wildman–Crippen LogP) is 4.37. The number of aromatic nitrogens is 2. The standard InChI is InChI=1S/C27H25ClN4O3/c1-2-5-21(17-29-26(34)20-9-13-23-19(16-20)10-14-24(28)31-23)30-27(35)18-7-11-22(12-8-18)32-15-4-3-6-25(32)33/h3-4,6-16,21H,2,5,17H2,1H3,(H,29,34)(H,30,35). The second-order valence-corrected chi connectivity index (χ2v) is 8.55. The Morgan fingerprint density at radius 2 is 1.74 bits per heavy atom. The van der Waals surface area contributed by atoms with Gasteiger partial charge in [-0.3, -0.25) is 19.0 Å². The summed E-state index contributed by atoms with van der Waals surface area (Å²) < 4.78 is 1.51. The predicted molar refractivity (Wildman–Crippen MR) is 137 cm³/mol.